The molecule has 1 aliphatic heterocycles. The second kappa shape index (κ2) is 7.19. The molecule has 2 aliphatic carbocycles. The lowest BCUT2D eigenvalue weighted by Crippen LogP contribution is -2.46. The monoisotopic (exact) mass is 368 g/mol. The molecule has 2 aromatic heterocycles. The Morgan fingerprint density at radius 2 is 1.85 bits per heavy atom. The summed E-state index contributed by atoms with van der Waals surface area (Å²) in [6.07, 6.45) is 10.3. The van der Waals surface area contributed by atoms with Gasteiger partial charge in [-0.05, 0) is 45.4 Å². The number of anilines is 1. The van der Waals surface area contributed by atoms with Gasteiger partial charge in [-0.15, -0.1) is 0 Å². The summed E-state index contributed by atoms with van der Waals surface area (Å²) in [5.41, 5.74) is 1.04. The van der Waals surface area contributed by atoms with Crippen molar-refractivity contribution in [1.82, 2.24) is 25.0 Å². The van der Waals surface area contributed by atoms with Crippen LogP contribution in [0.1, 0.15) is 68.3 Å². The minimum absolute atomic E-state index is 0.514. The molecule has 2 aromatic rings. The molecule has 27 heavy (non-hydrogen) atoms. The Labute approximate surface area is 160 Å². The number of aromatic nitrogens is 4. The molecule has 0 atom stereocenters. The van der Waals surface area contributed by atoms with Crippen LogP contribution in [0.25, 0.3) is 0 Å². The van der Waals surface area contributed by atoms with Gasteiger partial charge in [0.15, 0.2) is 5.82 Å². The van der Waals surface area contributed by atoms with Gasteiger partial charge in [-0.1, -0.05) is 11.6 Å². The molecular formula is C20H28N6O. The molecule has 144 valence electrons. The summed E-state index contributed by atoms with van der Waals surface area (Å²) in [6, 6.07) is 3.36. The van der Waals surface area contributed by atoms with Gasteiger partial charge < -0.3 is 9.42 Å². The first-order valence-corrected chi connectivity index (χ1v) is 10.4. The highest BCUT2D eigenvalue weighted by Gasteiger charge is 2.36. The van der Waals surface area contributed by atoms with Crippen LogP contribution in [0, 0.1) is 6.92 Å². The van der Waals surface area contributed by atoms with Crippen molar-refractivity contribution < 1.29 is 4.52 Å². The molecule has 0 aromatic carbocycles. The van der Waals surface area contributed by atoms with Gasteiger partial charge in [0.25, 0.3) is 0 Å². The zero-order valence-electron chi connectivity index (χ0n) is 16.0. The zero-order valence-corrected chi connectivity index (χ0v) is 16.0. The molecule has 2 saturated carbocycles. The highest BCUT2D eigenvalue weighted by Crippen LogP contribution is 2.36. The van der Waals surface area contributed by atoms with Crippen LogP contribution in [0.2, 0.25) is 0 Å². The van der Waals surface area contributed by atoms with Crippen molar-refractivity contribution >= 4 is 5.82 Å². The van der Waals surface area contributed by atoms with Crippen LogP contribution in [-0.2, 0) is 6.54 Å². The van der Waals surface area contributed by atoms with E-state index in [1.54, 1.807) is 6.33 Å². The predicted molar refractivity (Wildman–Crippen MR) is 101 cm³/mol. The third kappa shape index (κ3) is 3.70. The van der Waals surface area contributed by atoms with Crippen LogP contribution >= 0.6 is 0 Å². The molecule has 0 unspecified atom stereocenters. The Morgan fingerprint density at radius 3 is 2.52 bits per heavy atom. The summed E-state index contributed by atoms with van der Waals surface area (Å²) in [5, 5.41) is 4.21. The fraction of sp³-hybridized carbons (Fsp3) is 0.700. The number of rotatable bonds is 6. The topological polar surface area (TPSA) is 71.2 Å². The van der Waals surface area contributed by atoms with E-state index in [-0.39, 0.29) is 0 Å². The predicted octanol–water partition coefficient (Wildman–Crippen LogP) is 3.07. The van der Waals surface area contributed by atoms with E-state index in [9.17, 15) is 0 Å². The highest BCUT2D eigenvalue weighted by molar-refractivity contribution is 5.43. The van der Waals surface area contributed by atoms with E-state index in [1.165, 1.54) is 32.1 Å². The van der Waals surface area contributed by atoms with Crippen LogP contribution in [0.4, 0.5) is 5.82 Å². The van der Waals surface area contributed by atoms with E-state index in [0.29, 0.717) is 18.0 Å². The Kier molecular flexibility index (Phi) is 4.55. The van der Waals surface area contributed by atoms with E-state index >= 15 is 0 Å². The molecular weight excluding hydrogens is 340 g/mol. The summed E-state index contributed by atoms with van der Waals surface area (Å²) in [5.74, 6) is 3.32. The molecule has 0 radical (unpaired) electrons. The summed E-state index contributed by atoms with van der Waals surface area (Å²) in [4.78, 5) is 18.5. The van der Waals surface area contributed by atoms with Gasteiger partial charge in [0, 0.05) is 42.9 Å². The third-order valence-electron chi connectivity index (χ3n) is 6.25. The van der Waals surface area contributed by atoms with E-state index in [1.807, 2.05) is 6.92 Å². The summed E-state index contributed by atoms with van der Waals surface area (Å²) in [6.45, 7) is 5.00. The molecule has 3 aliphatic rings. The zero-order chi connectivity index (χ0) is 18.2. The van der Waals surface area contributed by atoms with E-state index in [4.69, 9.17) is 4.52 Å². The Balaban J connectivity index is 1.19. The molecule has 3 fully saturated rings. The minimum atomic E-state index is 0.514. The van der Waals surface area contributed by atoms with Gasteiger partial charge >= 0.3 is 0 Å². The minimum Gasteiger partial charge on any atom is -0.350 e. The standard InChI is InChI=1S/C20H28N6O/c1-14-11-19(22-13-21-14)26(16-5-6-16)17-7-9-25(10-8-17)12-18-23-20(27-24-18)15-3-2-4-15/h11,13,15-17H,2-10,12H2,1H3. The number of likely N-dealkylation sites (tertiary alicyclic amines) is 1. The summed E-state index contributed by atoms with van der Waals surface area (Å²) >= 11 is 0. The second-order valence-corrected chi connectivity index (χ2v) is 8.34. The first-order valence-electron chi connectivity index (χ1n) is 10.4. The molecule has 1 saturated heterocycles. The van der Waals surface area contributed by atoms with Gasteiger partial charge in [-0.25, -0.2) is 9.97 Å². The van der Waals surface area contributed by atoms with Gasteiger partial charge in [0.2, 0.25) is 5.89 Å². The Bertz CT molecular complexity index is 776. The normalized spacial score (nSPS) is 22.0. The van der Waals surface area contributed by atoms with Gasteiger partial charge in [-0.3, -0.25) is 4.90 Å². The lowest BCUT2D eigenvalue weighted by molar-refractivity contribution is 0.194. The molecule has 0 N–H and O–H groups in total. The van der Waals surface area contributed by atoms with Crippen molar-refractivity contribution in [2.24, 2.45) is 0 Å². The van der Waals surface area contributed by atoms with Crippen LogP contribution in [0.3, 0.4) is 0 Å². The van der Waals surface area contributed by atoms with Crippen molar-refractivity contribution in [1.29, 1.82) is 0 Å². The van der Waals surface area contributed by atoms with Crippen molar-refractivity contribution in [2.75, 3.05) is 18.0 Å². The first kappa shape index (κ1) is 17.1. The third-order valence-corrected chi connectivity index (χ3v) is 6.25. The van der Waals surface area contributed by atoms with E-state index < -0.39 is 0 Å². The number of hydrogen-bond donors (Lipinski definition) is 0. The Morgan fingerprint density at radius 1 is 1.07 bits per heavy atom. The van der Waals surface area contributed by atoms with Crippen LogP contribution in [-0.4, -0.2) is 50.2 Å². The fourth-order valence-corrected chi connectivity index (χ4v) is 4.31. The summed E-state index contributed by atoms with van der Waals surface area (Å²) < 4.78 is 5.47. The van der Waals surface area contributed by atoms with Crippen LogP contribution in [0.5, 0.6) is 0 Å². The van der Waals surface area contributed by atoms with Crippen molar-refractivity contribution in [2.45, 2.75) is 76.4 Å². The highest BCUT2D eigenvalue weighted by atomic mass is 16.5. The van der Waals surface area contributed by atoms with E-state index in [2.05, 4.69) is 36.0 Å². The average Bonchev–Trinajstić information content (AvgIpc) is 3.35. The molecule has 3 heterocycles. The largest absolute Gasteiger partial charge is 0.350 e. The molecule has 0 amide bonds. The number of aryl methyl sites for hydroxylation is 1. The smallest absolute Gasteiger partial charge is 0.229 e. The first-order chi connectivity index (χ1) is 13.3. The maximum absolute atomic E-state index is 5.47. The van der Waals surface area contributed by atoms with Gasteiger partial charge in [0.1, 0.15) is 12.1 Å². The number of hydrogen-bond acceptors (Lipinski definition) is 7. The fourth-order valence-electron chi connectivity index (χ4n) is 4.31. The van der Waals surface area contributed by atoms with Crippen molar-refractivity contribution in [3.8, 4) is 0 Å². The summed E-state index contributed by atoms with van der Waals surface area (Å²) in [7, 11) is 0. The van der Waals surface area contributed by atoms with Crippen molar-refractivity contribution in [3.05, 3.63) is 29.8 Å². The molecule has 5 rings (SSSR count). The molecule has 0 spiro atoms. The molecule has 0 bridgehead atoms. The van der Waals surface area contributed by atoms with Gasteiger partial charge in [0.05, 0.1) is 6.54 Å². The number of nitrogens with zero attached hydrogens (tertiary/aromatic N) is 6. The average molecular weight is 368 g/mol. The second-order valence-electron chi connectivity index (χ2n) is 8.34. The maximum Gasteiger partial charge on any atom is 0.229 e. The molecule has 7 nitrogen and oxygen atoms in total. The maximum atomic E-state index is 5.47. The lowest BCUT2D eigenvalue weighted by atomic mass is 9.85. The van der Waals surface area contributed by atoms with Crippen molar-refractivity contribution in [3.63, 3.8) is 0 Å². The Hall–Kier alpha value is -2.02. The van der Waals surface area contributed by atoms with Gasteiger partial charge in [-0.2, -0.15) is 4.98 Å². The number of piperidine rings is 1. The van der Waals surface area contributed by atoms with Crippen LogP contribution < -0.4 is 4.90 Å². The van der Waals surface area contributed by atoms with Crippen LogP contribution in [0.15, 0.2) is 16.9 Å². The quantitative estimate of drug-likeness (QED) is 0.776. The lowest BCUT2D eigenvalue weighted by Gasteiger charge is -2.39. The van der Waals surface area contributed by atoms with E-state index in [0.717, 1.165) is 55.7 Å². The SMILES string of the molecule is Cc1cc(N(C2CC2)C2CCN(Cc3noc(C4CCC4)n3)CC2)ncn1. The molecule has 7 heteroatoms.